The Bertz CT molecular complexity index is 690. The fraction of sp³-hybridized carbons (Fsp3) is 0.556. The lowest BCUT2D eigenvalue weighted by molar-refractivity contribution is -0.145. The fourth-order valence-corrected chi connectivity index (χ4v) is 3.77. The number of para-hydroxylation sites is 1. The van der Waals surface area contributed by atoms with Gasteiger partial charge in [0.15, 0.2) is 0 Å². The molecular formula is C18H23F3N4O2. The van der Waals surface area contributed by atoms with Crippen LogP contribution in [-0.4, -0.2) is 60.8 Å². The van der Waals surface area contributed by atoms with E-state index in [1.807, 2.05) is 40.5 Å². The first kappa shape index (κ1) is 19.5. The highest BCUT2D eigenvalue weighted by Gasteiger charge is 2.54. The molecule has 0 aromatic heterocycles. The van der Waals surface area contributed by atoms with Crippen LogP contribution in [0.5, 0.6) is 0 Å². The Kier molecular flexibility index (Phi) is 5.32. The highest BCUT2D eigenvalue weighted by atomic mass is 19.4. The molecule has 1 aromatic rings. The molecule has 2 heterocycles. The monoisotopic (exact) mass is 384 g/mol. The number of carbonyl (C=O) groups excluding carboxylic acids is 2. The van der Waals surface area contributed by atoms with Crippen LogP contribution in [0.25, 0.3) is 0 Å². The number of rotatable bonds is 4. The summed E-state index contributed by atoms with van der Waals surface area (Å²) in [5, 5.41) is 5.11. The summed E-state index contributed by atoms with van der Waals surface area (Å²) in [6.07, 6.45) is -3.33. The number of amides is 2. The first-order chi connectivity index (χ1) is 12.7. The molecule has 148 valence electrons. The zero-order valence-corrected chi connectivity index (χ0v) is 15.1. The van der Waals surface area contributed by atoms with E-state index in [2.05, 4.69) is 5.32 Å². The van der Waals surface area contributed by atoms with Crippen molar-refractivity contribution in [3.8, 4) is 0 Å². The predicted octanol–water partition coefficient (Wildman–Crippen LogP) is 1.48. The lowest BCUT2D eigenvalue weighted by Crippen LogP contribution is -2.56. The van der Waals surface area contributed by atoms with Crippen molar-refractivity contribution in [2.24, 2.45) is 0 Å². The van der Waals surface area contributed by atoms with Crippen LogP contribution in [0.4, 0.5) is 18.9 Å². The van der Waals surface area contributed by atoms with Gasteiger partial charge in [-0.25, -0.2) is 0 Å². The predicted molar refractivity (Wildman–Crippen MR) is 94.0 cm³/mol. The molecule has 2 aliphatic heterocycles. The van der Waals surface area contributed by atoms with Crippen LogP contribution in [-0.2, 0) is 9.59 Å². The van der Waals surface area contributed by atoms with Crippen molar-refractivity contribution in [1.82, 2.24) is 15.5 Å². The molecule has 27 heavy (non-hydrogen) atoms. The third-order valence-electron chi connectivity index (χ3n) is 5.28. The number of piperidine rings is 1. The summed E-state index contributed by atoms with van der Waals surface area (Å²) in [5.41, 5.74) is 0.0867. The Labute approximate surface area is 155 Å². The number of carbonyl (C=O) groups is 2. The maximum absolute atomic E-state index is 13.3. The molecule has 1 aromatic carbocycles. The number of hydrogen-bond donors (Lipinski definition) is 2. The zero-order valence-electron chi connectivity index (χ0n) is 15.1. The van der Waals surface area contributed by atoms with E-state index in [-0.39, 0.29) is 12.6 Å². The fourth-order valence-electron chi connectivity index (χ4n) is 3.77. The zero-order chi connectivity index (χ0) is 19.7. The molecule has 1 unspecified atom stereocenters. The second-order valence-electron chi connectivity index (χ2n) is 6.97. The highest BCUT2D eigenvalue weighted by Crippen LogP contribution is 2.38. The first-order valence-corrected chi connectivity index (χ1v) is 8.93. The van der Waals surface area contributed by atoms with Gasteiger partial charge in [-0.2, -0.15) is 13.2 Å². The van der Waals surface area contributed by atoms with Crippen LogP contribution in [0, 0.1) is 0 Å². The molecule has 2 saturated heterocycles. The minimum Gasteiger partial charge on any atom is -0.345 e. The van der Waals surface area contributed by atoms with Crippen molar-refractivity contribution in [3.63, 3.8) is 0 Å². The topological polar surface area (TPSA) is 64.7 Å². The van der Waals surface area contributed by atoms with Crippen LogP contribution in [0.2, 0.25) is 0 Å². The van der Waals surface area contributed by atoms with Crippen LogP contribution in [0.15, 0.2) is 30.3 Å². The molecule has 0 radical (unpaired) electrons. The van der Waals surface area contributed by atoms with Crippen molar-refractivity contribution >= 4 is 17.5 Å². The second kappa shape index (κ2) is 7.38. The quantitative estimate of drug-likeness (QED) is 0.826. The minimum atomic E-state index is -4.49. The van der Waals surface area contributed by atoms with E-state index in [9.17, 15) is 22.8 Å². The van der Waals surface area contributed by atoms with Gasteiger partial charge in [0.25, 0.3) is 5.91 Å². The number of benzene rings is 1. The van der Waals surface area contributed by atoms with Crippen molar-refractivity contribution in [2.45, 2.75) is 37.5 Å². The van der Waals surface area contributed by atoms with E-state index in [4.69, 9.17) is 0 Å². The second-order valence-corrected chi connectivity index (χ2v) is 6.97. The van der Waals surface area contributed by atoms with Crippen molar-refractivity contribution in [2.75, 3.05) is 31.2 Å². The van der Waals surface area contributed by atoms with Crippen molar-refractivity contribution in [3.05, 3.63) is 30.3 Å². The Hall–Kier alpha value is -2.29. The number of nitrogens with one attached hydrogen (secondary N) is 2. The van der Waals surface area contributed by atoms with Crippen LogP contribution >= 0.6 is 0 Å². The van der Waals surface area contributed by atoms with Crippen LogP contribution in [0.1, 0.15) is 19.8 Å². The normalized spacial score (nSPS) is 20.8. The van der Waals surface area contributed by atoms with Crippen molar-refractivity contribution < 1.29 is 22.8 Å². The molecule has 0 bridgehead atoms. The van der Waals surface area contributed by atoms with Gasteiger partial charge in [-0.15, -0.1) is 0 Å². The number of hydrogen-bond acceptors (Lipinski definition) is 4. The van der Waals surface area contributed by atoms with Gasteiger partial charge in [-0.1, -0.05) is 18.2 Å². The van der Waals surface area contributed by atoms with Gasteiger partial charge >= 0.3 is 6.18 Å². The Morgan fingerprint density at radius 3 is 2.48 bits per heavy atom. The molecule has 1 spiro atoms. The van der Waals surface area contributed by atoms with E-state index in [0.717, 1.165) is 5.69 Å². The Morgan fingerprint density at radius 1 is 1.26 bits per heavy atom. The molecule has 0 aliphatic carbocycles. The number of halogens is 3. The summed E-state index contributed by atoms with van der Waals surface area (Å²) in [4.78, 5) is 28.8. The molecule has 9 heteroatoms. The Morgan fingerprint density at radius 2 is 1.89 bits per heavy atom. The standard InChI is InChI=1S/C18H23F3N4O2/c1-13(15(26)23-11-18(19,20)21)24-12-25(14-5-3-2-4-6-14)17(16(24)27)7-9-22-10-8-17/h2-6,13,22H,7-12H2,1H3,(H,23,26). The summed E-state index contributed by atoms with van der Waals surface area (Å²) < 4.78 is 37.2. The highest BCUT2D eigenvalue weighted by molar-refractivity contribution is 5.97. The molecule has 0 saturated carbocycles. The molecule has 2 N–H and O–H groups in total. The van der Waals surface area contributed by atoms with Gasteiger partial charge in [0.1, 0.15) is 18.1 Å². The van der Waals surface area contributed by atoms with E-state index >= 15 is 0 Å². The molecule has 6 nitrogen and oxygen atoms in total. The molecule has 1 atom stereocenters. The minimum absolute atomic E-state index is 0.170. The maximum Gasteiger partial charge on any atom is 0.405 e. The van der Waals surface area contributed by atoms with E-state index in [1.54, 1.807) is 0 Å². The largest absolute Gasteiger partial charge is 0.405 e. The summed E-state index contributed by atoms with van der Waals surface area (Å²) in [6.45, 7) is 1.56. The lowest BCUT2D eigenvalue weighted by Gasteiger charge is -2.40. The maximum atomic E-state index is 13.3. The number of anilines is 1. The van der Waals surface area contributed by atoms with E-state index in [1.165, 1.54) is 11.8 Å². The molecule has 2 fully saturated rings. The smallest absolute Gasteiger partial charge is 0.345 e. The third-order valence-corrected chi connectivity index (χ3v) is 5.28. The van der Waals surface area contributed by atoms with Gasteiger partial charge in [0.05, 0.1) is 6.67 Å². The van der Waals surface area contributed by atoms with Gasteiger partial charge in [-0.3, -0.25) is 9.59 Å². The molecule has 2 aliphatic rings. The van der Waals surface area contributed by atoms with Crippen LogP contribution < -0.4 is 15.5 Å². The summed E-state index contributed by atoms with van der Waals surface area (Å²) in [5.74, 6) is -1.01. The molecular weight excluding hydrogens is 361 g/mol. The average Bonchev–Trinajstić information content (AvgIpc) is 2.92. The van der Waals surface area contributed by atoms with Gasteiger partial charge < -0.3 is 20.4 Å². The summed E-state index contributed by atoms with van der Waals surface area (Å²) >= 11 is 0. The molecule has 3 rings (SSSR count). The third kappa shape index (κ3) is 3.87. The van der Waals surface area contributed by atoms with E-state index < -0.39 is 30.2 Å². The van der Waals surface area contributed by atoms with Gasteiger partial charge in [0.2, 0.25) is 5.91 Å². The average molecular weight is 384 g/mol. The summed E-state index contributed by atoms with van der Waals surface area (Å²) in [6, 6.07) is 8.43. The van der Waals surface area contributed by atoms with Gasteiger partial charge in [0, 0.05) is 5.69 Å². The Balaban J connectivity index is 1.83. The van der Waals surface area contributed by atoms with Gasteiger partial charge in [-0.05, 0) is 45.0 Å². The number of alkyl halides is 3. The summed E-state index contributed by atoms with van der Waals surface area (Å²) in [7, 11) is 0. The van der Waals surface area contributed by atoms with Crippen molar-refractivity contribution in [1.29, 1.82) is 0 Å². The van der Waals surface area contributed by atoms with Crippen LogP contribution in [0.3, 0.4) is 0 Å². The SMILES string of the molecule is CC(C(=O)NCC(F)(F)F)N1CN(c2ccccc2)C2(CCNCC2)C1=O. The van der Waals surface area contributed by atoms with E-state index in [0.29, 0.717) is 25.9 Å². The first-order valence-electron chi connectivity index (χ1n) is 8.93. The lowest BCUT2D eigenvalue weighted by atomic mass is 9.86. The number of nitrogens with zero attached hydrogens (tertiary/aromatic N) is 2. The molecule has 2 amide bonds.